The summed E-state index contributed by atoms with van der Waals surface area (Å²) in [4.78, 5) is 30.1. The van der Waals surface area contributed by atoms with Gasteiger partial charge in [0.2, 0.25) is 21.8 Å². The maximum absolute atomic E-state index is 13.0. The van der Waals surface area contributed by atoms with E-state index in [2.05, 4.69) is 26.9 Å². The van der Waals surface area contributed by atoms with Gasteiger partial charge in [-0.25, -0.2) is 13.4 Å². The molecule has 2 amide bonds. The number of sulfonamides is 1. The molecule has 2 saturated carbocycles. The van der Waals surface area contributed by atoms with Crippen molar-refractivity contribution in [2.45, 2.75) is 48.6 Å². The second-order valence-electron chi connectivity index (χ2n) is 9.09. The molecule has 2 aromatic rings. The molecule has 3 fully saturated rings. The fourth-order valence-corrected chi connectivity index (χ4v) is 5.96. The Labute approximate surface area is 226 Å². The number of pyridine rings is 1. The van der Waals surface area contributed by atoms with Crippen LogP contribution in [0.3, 0.4) is 0 Å². The van der Waals surface area contributed by atoms with Crippen molar-refractivity contribution in [3.63, 3.8) is 0 Å². The molecule has 9 nitrogen and oxygen atoms in total. The fourth-order valence-electron chi connectivity index (χ4n) is 4.40. The minimum atomic E-state index is -3.72. The maximum atomic E-state index is 13.0. The van der Waals surface area contributed by atoms with Crippen molar-refractivity contribution in [2.75, 3.05) is 6.54 Å². The molecule has 3 N–H and O–H groups in total. The van der Waals surface area contributed by atoms with Gasteiger partial charge >= 0.3 is 0 Å². The van der Waals surface area contributed by atoms with Crippen LogP contribution in [-0.2, 0) is 19.6 Å². The van der Waals surface area contributed by atoms with E-state index >= 15 is 0 Å². The SMILES string of the molecule is C=C[C@@H]1C[C@]1(NC(=O)[C@@H]1C[C@@H](Oc2nc(Cl)cc3ccccc23)CN1)C(=O)NS(=O)(=O)C1CC1.Cl.Cl. The minimum Gasteiger partial charge on any atom is -0.472 e. The van der Waals surface area contributed by atoms with E-state index in [9.17, 15) is 18.0 Å². The molecule has 1 aliphatic heterocycles. The molecule has 0 bridgehead atoms. The highest BCUT2D eigenvalue weighted by Crippen LogP contribution is 2.45. The first-order valence-electron chi connectivity index (χ1n) is 11.2. The number of rotatable bonds is 8. The molecule has 2 heterocycles. The summed E-state index contributed by atoms with van der Waals surface area (Å²) in [5.74, 6) is -1.04. The molecule has 0 spiro atoms. The van der Waals surface area contributed by atoms with E-state index in [0.717, 1.165) is 10.8 Å². The highest BCUT2D eigenvalue weighted by atomic mass is 35.5. The third kappa shape index (κ3) is 5.57. The highest BCUT2D eigenvalue weighted by molar-refractivity contribution is 7.91. The van der Waals surface area contributed by atoms with Crippen molar-refractivity contribution < 1.29 is 22.7 Å². The average Bonchev–Trinajstić information content (AvgIpc) is 3.71. The van der Waals surface area contributed by atoms with Crippen LogP contribution in [0.5, 0.6) is 5.88 Å². The van der Waals surface area contributed by atoms with Crippen molar-refractivity contribution in [1.82, 2.24) is 20.3 Å². The lowest BCUT2D eigenvalue weighted by atomic mass is 10.1. The molecule has 4 atom stereocenters. The number of ether oxygens (including phenoxy) is 1. The maximum Gasteiger partial charge on any atom is 0.259 e. The number of hydrogen-bond acceptors (Lipinski definition) is 7. The zero-order chi connectivity index (χ0) is 24.1. The van der Waals surface area contributed by atoms with Crippen molar-refractivity contribution in [2.24, 2.45) is 5.92 Å². The van der Waals surface area contributed by atoms with Gasteiger partial charge in [0, 0.05) is 24.3 Å². The second-order valence-corrected chi connectivity index (χ2v) is 11.4. The minimum absolute atomic E-state index is 0. The van der Waals surface area contributed by atoms with Crippen LogP contribution in [0.1, 0.15) is 25.7 Å². The summed E-state index contributed by atoms with van der Waals surface area (Å²) in [6.07, 6.45) is 2.96. The molecule has 1 aromatic carbocycles. The van der Waals surface area contributed by atoms with Crippen molar-refractivity contribution in [1.29, 1.82) is 0 Å². The summed E-state index contributed by atoms with van der Waals surface area (Å²) < 4.78 is 32.7. The van der Waals surface area contributed by atoms with Gasteiger partial charge in [-0.2, -0.15) is 0 Å². The monoisotopic (exact) mass is 576 g/mol. The Kier molecular flexibility index (Phi) is 8.47. The lowest BCUT2D eigenvalue weighted by molar-refractivity contribution is -0.130. The largest absolute Gasteiger partial charge is 0.472 e. The van der Waals surface area contributed by atoms with Gasteiger partial charge in [-0.3, -0.25) is 14.3 Å². The van der Waals surface area contributed by atoms with Gasteiger partial charge < -0.3 is 15.4 Å². The molecule has 2 aliphatic carbocycles. The van der Waals surface area contributed by atoms with Gasteiger partial charge in [0.05, 0.1) is 11.3 Å². The quantitative estimate of drug-likeness (QED) is 0.325. The van der Waals surface area contributed by atoms with Gasteiger partial charge in [-0.15, -0.1) is 31.4 Å². The van der Waals surface area contributed by atoms with E-state index in [1.54, 1.807) is 12.1 Å². The summed E-state index contributed by atoms with van der Waals surface area (Å²) in [5, 5.41) is 7.39. The van der Waals surface area contributed by atoms with Gasteiger partial charge in [0.25, 0.3) is 5.91 Å². The molecule has 5 rings (SSSR count). The number of nitrogens with one attached hydrogen (secondary N) is 3. The first-order chi connectivity index (χ1) is 16.2. The summed E-state index contributed by atoms with van der Waals surface area (Å²) in [7, 11) is -3.72. The molecule has 1 aromatic heterocycles. The molecule has 3 aliphatic rings. The number of hydrogen-bond donors (Lipinski definition) is 3. The Morgan fingerprint density at radius 2 is 1.97 bits per heavy atom. The van der Waals surface area contributed by atoms with Crippen LogP contribution >= 0.6 is 36.4 Å². The summed E-state index contributed by atoms with van der Waals surface area (Å²) in [6.45, 7) is 4.11. The van der Waals surface area contributed by atoms with Crippen LogP contribution < -0.4 is 20.1 Å². The number of aromatic nitrogens is 1. The smallest absolute Gasteiger partial charge is 0.259 e. The molecule has 196 valence electrons. The van der Waals surface area contributed by atoms with Crippen LogP contribution in [0.15, 0.2) is 43.0 Å². The zero-order valence-corrected chi connectivity index (χ0v) is 22.3. The number of carbonyl (C=O) groups is 2. The number of amides is 2. The van der Waals surface area contributed by atoms with E-state index in [1.807, 2.05) is 24.3 Å². The molecule has 0 radical (unpaired) electrons. The topological polar surface area (TPSA) is 126 Å². The third-order valence-electron chi connectivity index (χ3n) is 6.61. The molecular weight excluding hydrogens is 551 g/mol. The number of benzene rings is 1. The van der Waals surface area contributed by atoms with E-state index in [4.69, 9.17) is 16.3 Å². The van der Waals surface area contributed by atoms with Crippen LogP contribution in [-0.4, -0.2) is 54.7 Å². The third-order valence-corrected chi connectivity index (χ3v) is 8.62. The summed E-state index contributed by atoms with van der Waals surface area (Å²) >= 11 is 6.13. The van der Waals surface area contributed by atoms with Crippen LogP contribution in [0.2, 0.25) is 5.15 Å². The number of nitrogens with zero attached hydrogens (tertiary/aromatic N) is 1. The number of carbonyl (C=O) groups excluding carboxylic acids is 2. The van der Waals surface area contributed by atoms with E-state index in [0.29, 0.717) is 43.3 Å². The zero-order valence-electron chi connectivity index (χ0n) is 19.1. The fraction of sp³-hybridized carbons (Fsp3) is 0.435. The summed E-state index contributed by atoms with van der Waals surface area (Å²) in [5.41, 5.74) is -1.30. The van der Waals surface area contributed by atoms with Crippen LogP contribution in [0, 0.1) is 5.92 Å². The Hall–Kier alpha value is -2.11. The second kappa shape index (κ2) is 10.7. The lowest BCUT2D eigenvalue weighted by Crippen LogP contribution is -2.55. The highest BCUT2D eigenvalue weighted by Gasteiger charge is 2.61. The van der Waals surface area contributed by atoms with Crippen molar-refractivity contribution in [3.05, 3.63) is 48.1 Å². The van der Waals surface area contributed by atoms with E-state index < -0.39 is 38.7 Å². The molecule has 13 heteroatoms. The summed E-state index contributed by atoms with van der Waals surface area (Å²) in [6, 6.07) is 8.74. The van der Waals surface area contributed by atoms with Crippen LogP contribution in [0.25, 0.3) is 10.8 Å². The van der Waals surface area contributed by atoms with E-state index in [1.165, 1.54) is 0 Å². The van der Waals surface area contributed by atoms with Gasteiger partial charge in [0.1, 0.15) is 16.8 Å². The van der Waals surface area contributed by atoms with E-state index in [-0.39, 0.29) is 36.8 Å². The van der Waals surface area contributed by atoms with Gasteiger partial charge in [-0.05, 0) is 36.8 Å². The predicted octanol–water partition coefficient (Wildman–Crippen LogP) is 2.51. The standard InChI is InChI=1S/C23H25ClN4O5S.2ClH/c1-2-14-11-23(14,22(30)28-34(31,32)16-7-8-16)27-20(29)18-10-15(12-25-18)33-21-17-6-4-3-5-13(17)9-19(24)26-21;;/h2-6,9,14-16,18,25H,1,7-8,10-12H2,(H,27,29)(H,28,30);2*1H/t14-,15-,18+,23-;;/m1../s1. The Bertz CT molecular complexity index is 1290. The van der Waals surface area contributed by atoms with Gasteiger partial charge in [0.15, 0.2) is 0 Å². The molecule has 36 heavy (non-hydrogen) atoms. The lowest BCUT2D eigenvalue weighted by Gasteiger charge is -2.21. The number of halogens is 3. The van der Waals surface area contributed by atoms with Crippen LogP contribution in [0.4, 0.5) is 0 Å². The van der Waals surface area contributed by atoms with Gasteiger partial charge in [-0.1, -0.05) is 35.9 Å². The molecule has 1 saturated heterocycles. The molecular formula is C23H27Cl3N4O5S. The normalized spacial score (nSPS) is 26.8. The first kappa shape index (κ1) is 28.5. The average molecular weight is 578 g/mol. The number of fused-ring (bicyclic) bond motifs is 1. The van der Waals surface area contributed by atoms with Crippen molar-refractivity contribution >= 4 is 69.0 Å². The predicted molar refractivity (Wildman–Crippen MR) is 141 cm³/mol. The molecule has 0 unspecified atom stereocenters. The Morgan fingerprint density at radius 3 is 2.64 bits per heavy atom. The first-order valence-corrected chi connectivity index (χ1v) is 13.1. The van der Waals surface area contributed by atoms with Crippen molar-refractivity contribution in [3.8, 4) is 5.88 Å². The Morgan fingerprint density at radius 1 is 1.25 bits per heavy atom. The Balaban J connectivity index is 0.00000180.